The zero-order valence-electron chi connectivity index (χ0n) is 8.97. The highest BCUT2D eigenvalue weighted by molar-refractivity contribution is 5.24. The molecule has 0 radical (unpaired) electrons. The maximum Gasteiger partial charge on any atom is 0.416 e. The first-order valence-corrected chi connectivity index (χ1v) is 4.92. The van der Waals surface area contributed by atoms with Crippen molar-refractivity contribution < 1.29 is 17.9 Å². The molecule has 5 heteroatoms. The summed E-state index contributed by atoms with van der Waals surface area (Å²) in [6.07, 6.45) is -4.27. The van der Waals surface area contributed by atoms with Gasteiger partial charge in [0.15, 0.2) is 0 Å². The van der Waals surface area contributed by atoms with Gasteiger partial charge in [0.05, 0.1) is 18.8 Å². The van der Waals surface area contributed by atoms with Crippen LogP contribution in [0.5, 0.6) is 0 Å². The Bertz CT molecular complexity index is 308. The van der Waals surface area contributed by atoms with Crippen LogP contribution in [-0.4, -0.2) is 20.2 Å². The van der Waals surface area contributed by atoms with Crippen LogP contribution >= 0.6 is 0 Å². The second-order valence-corrected chi connectivity index (χ2v) is 3.35. The van der Waals surface area contributed by atoms with Crippen molar-refractivity contribution >= 4 is 0 Å². The van der Waals surface area contributed by atoms with E-state index >= 15 is 0 Å². The molecule has 1 aromatic rings. The Labute approximate surface area is 92.4 Å². The molecule has 0 atom stereocenters. The highest BCUT2D eigenvalue weighted by Crippen LogP contribution is 2.29. The molecular formula is C11H14F3NO. The van der Waals surface area contributed by atoms with Crippen molar-refractivity contribution in [2.75, 3.05) is 20.2 Å². The molecule has 0 spiro atoms. The van der Waals surface area contributed by atoms with E-state index in [0.717, 1.165) is 24.2 Å². The van der Waals surface area contributed by atoms with Gasteiger partial charge in [0.25, 0.3) is 0 Å². The molecule has 0 fully saturated rings. The molecule has 0 saturated carbocycles. The third kappa shape index (κ3) is 4.20. The minimum absolute atomic E-state index is 0.333. The molecule has 1 aromatic carbocycles. The van der Waals surface area contributed by atoms with Gasteiger partial charge in [-0.3, -0.25) is 0 Å². The average Bonchev–Trinajstić information content (AvgIpc) is 2.24. The number of hydrogen-bond acceptors (Lipinski definition) is 2. The first-order valence-electron chi connectivity index (χ1n) is 4.92. The van der Waals surface area contributed by atoms with Crippen LogP contribution < -0.4 is 5.32 Å². The molecule has 0 bridgehead atoms. The summed E-state index contributed by atoms with van der Waals surface area (Å²) >= 11 is 0. The summed E-state index contributed by atoms with van der Waals surface area (Å²) in [6.45, 7) is 1.60. The van der Waals surface area contributed by atoms with E-state index < -0.39 is 11.7 Å². The summed E-state index contributed by atoms with van der Waals surface area (Å²) in [4.78, 5) is 0. The molecule has 90 valence electrons. The van der Waals surface area contributed by atoms with Crippen LogP contribution in [0.2, 0.25) is 0 Å². The van der Waals surface area contributed by atoms with Crippen LogP contribution in [0.1, 0.15) is 11.1 Å². The maximum atomic E-state index is 12.2. The largest absolute Gasteiger partial charge is 0.416 e. The fraction of sp³-hybridized carbons (Fsp3) is 0.455. The first-order chi connectivity index (χ1) is 7.54. The summed E-state index contributed by atoms with van der Waals surface area (Å²) in [7, 11) is 1.81. The third-order valence-electron chi connectivity index (χ3n) is 2.05. The van der Waals surface area contributed by atoms with Gasteiger partial charge in [-0.1, -0.05) is 12.1 Å². The van der Waals surface area contributed by atoms with Crippen LogP contribution in [-0.2, 0) is 17.5 Å². The van der Waals surface area contributed by atoms with E-state index in [1.54, 1.807) is 0 Å². The van der Waals surface area contributed by atoms with Crippen LogP contribution in [0.3, 0.4) is 0 Å². The summed E-state index contributed by atoms with van der Waals surface area (Å²) in [5.41, 5.74) is 0.107. The van der Waals surface area contributed by atoms with Crippen LogP contribution in [0.4, 0.5) is 13.2 Å². The first kappa shape index (κ1) is 13.0. The predicted octanol–water partition coefficient (Wildman–Crippen LogP) is 2.44. The van der Waals surface area contributed by atoms with Crippen molar-refractivity contribution in [1.82, 2.24) is 5.32 Å². The van der Waals surface area contributed by atoms with Crippen LogP contribution in [0, 0.1) is 0 Å². The van der Waals surface area contributed by atoms with Crippen molar-refractivity contribution in [3.8, 4) is 0 Å². The Morgan fingerprint density at radius 1 is 1.19 bits per heavy atom. The Hall–Kier alpha value is -1.07. The lowest BCUT2D eigenvalue weighted by Gasteiger charge is -2.08. The normalized spacial score (nSPS) is 11.8. The molecule has 1 N–H and O–H groups in total. The van der Waals surface area contributed by atoms with Crippen LogP contribution in [0.15, 0.2) is 24.3 Å². The number of nitrogens with one attached hydrogen (secondary N) is 1. The summed E-state index contributed by atoms with van der Waals surface area (Å²) in [5.74, 6) is 0. The minimum atomic E-state index is -4.27. The average molecular weight is 233 g/mol. The van der Waals surface area contributed by atoms with Crippen molar-refractivity contribution in [3.05, 3.63) is 35.4 Å². The molecule has 16 heavy (non-hydrogen) atoms. The third-order valence-corrected chi connectivity index (χ3v) is 2.05. The fourth-order valence-corrected chi connectivity index (χ4v) is 1.15. The number of rotatable bonds is 5. The molecular weight excluding hydrogens is 219 g/mol. The molecule has 0 aliphatic heterocycles. The molecule has 0 aliphatic rings. The summed E-state index contributed by atoms with van der Waals surface area (Å²) in [5, 5.41) is 2.91. The second-order valence-electron chi connectivity index (χ2n) is 3.35. The van der Waals surface area contributed by atoms with Gasteiger partial charge in [-0.15, -0.1) is 0 Å². The molecule has 1 rings (SSSR count). The van der Waals surface area contributed by atoms with Gasteiger partial charge >= 0.3 is 6.18 Å². The monoisotopic (exact) mass is 233 g/mol. The Morgan fingerprint density at radius 2 is 1.81 bits per heavy atom. The van der Waals surface area contributed by atoms with Crippen molar-refractivity contribution in [2.45, 2.75) is 12.8 Å². The Balaban J connectivity index is 2.46. The van der Waals surface area contributed by atoms with E-state index in [1.165, 1.54) is 12.1 Å². The number of hydrogen-bond donors (Lipinski definition) is 1. The number of alkyl halides is 3. The van der Waals surface area contributed by atoms with Gasteiger partial charge in [-0.2, -0.15) is 13.2 Å². The van der Waals surface area contributed by atoms with E-state index in [1.807, 2.05) is 7.05 Å². The van der Waals surface area contributed by atoms with Gasteiger partial charge in [0.2, 0.25) is 0 Å². The number of likely N-dealkylation sites (N-methyl/N-ethyl adjacent to an activating group) is 1. The SMILES string of the molecule is CNCCOCc1ccc(C(F)(F)F)cc1. The lowest BCUT2D eigenvalue weighted by atomic mass is 10.1. The molecule has 0 saturated heterocycles. The van der Waals surface area contributed by atoms with E-state index in [-0.39, 0.29) is 0 Å². The molecule has 0 amide bonds. The van der Waals surface area contributed by atoms with Crippen LogP contribution in [0.25, 0.3) is 0 Å². The van der Waals surface area contributed by atoms with Gasteiger partial charge in [-0.25, -0.2) is 0 Å². The van der Waals surface area contributed by atoms with E-state index in [0.29, 0.717) is 13.2 Å². The number of ether oxygens (including phenoxy) is 1. The van der Waals surface area contributed by atoms with Gasteiger partial charge in [0, 0.05) is 6.54 Å². The van der Waals surface area contributed by atoms with Crippen molar-refractivity contribution in [2.24, 2.45) is 0 Å². The molecule has 0 unspecified atom stereocenters. The maximum absolute atomic E-state index is 12.2. The van der Waals surface area contributed by atoms with E-state index in [4.69, 9.17) is 4.74 Å². The topological polar surface area (TPSA) is 21.3 Å². The van der Waals surface area contributed by atoms with E-state index in [2.05, 4.69) is 5.32 Å². The summed E-state index contributed by atoms with van der Waals surface area (Å²) < 4.78 is 41.9. The highest BCUT2D eigenvalue weighted by atomic mass is 19.4. The predicted molar refractivity (Wildman–Crippen MR) is 55.0 cm³/mol. The Morgan fingerprint density at radius 3 is 2.31 bits per heavy atom. The highest BCUT2D eigenvalue weighted by Gasteiger charge is 2.29. The second kappa shape index (κ2) is 5.86. The molecule has 0 aliphatic carbocycles. The number of benzene rings is 1. The number of halogens is 3. The molecule has 0 aromatic heterocycles. The smallest absolute Gasteiger partial charge is 0.375 e. The van der Waals surface area contributed by atoms with Crippen molar-refractivity contribution in [3.63, 3.8) is 0 Å². The molecule has 0 heterocycles. The Kier molecular flexibility index (Phi) is 4.76. The van der Waals surface area contributed by atoms with Crippen molar-refractivity contribution in [1.29, 1.82) is 0 Å². The van der Waals surface area contributed by atoms with Gasteiger partial charge in [0.1, 0.15) is 0 Å². The minimum Gasteiger partial charge on any atom is -0.375 e. The van der Waals surface area contributed by atoms with E-state index in [9.17, 15) is 13.2 Å². The fourth-order valence-electron chi connectivity index (χ4n) is 1.15. The standard InChI is InChI=1S/C11H14F3NO/c1-15-6-7-16-8-9-2-4-10(5-3-9)11(12,13)14/h2-5,15H,6-8H2,1H3. The zero-order chi connectivity index (χ0) is 12.0. The summed E-state index contributed by atoms with van der Waals surface area (Å²) in [6, 6.07) is 5.00. The van der Waals surface area contributed by atoms with Gasteiger partial charge < -0.3 is 10.1 Å². The quantitative estimate of drug-likeness (QED) is 0.789. The lowest BCUT2D eigenvalue weighted by Crippen LogP contribution is -2.14. The molecule has 2 nitrogen and oxygen atoms in total. The zero-order valence-corrected chi connectivity index (χ0v) is 8.97. The lowest BCUT2D eigenvalue weighted by molar-refractivity contribution is -0.137. The van der Waals surface area contributed by atoms with Gasteiger partial charge in [-0.05, 0) is 24.7 Å².